The lowest BCUT2D eigenvalue weighted by Gasteiger charge is -2.05. The molecule has 0 rings (SSSR count). The molecular formula is C5H11Cl3P. The van der Waals surface area contributed by atoms with E-state index in [1.54, 1.807) is 0 Å². The second-order valence-electron chi connectivity index (χ2n) is 1.57. The van der Waals surface area contributed by atoms with Crippen molar-refractivity contribution < 1.29 is 0 Å². The minimum Gasteiger partial charge on any atom is -0.147 e. The molecule has 0 N–H and O–H groups in total. The molecule has 9 heavy (non-hydrogen) atoms. The fourth-order valence-corrected chi connectivity index (χ4v) is 2.07. The van der Waals surface area contributed by atoms with Crippen molar-refractivity contribution in [2.24, 2.45) is 0 Å². The van der Waals surface area contributed by atoms with Crippen molar-refractivity contribution in [3.8, 4) is 0 Å². The van der Waals surface area contributed by atoms with Gasteiger partial charge >= 0.3 is 0 Å². The third-order valence-corrected chi connectivity index (χ3v) is 2.79. The molecule has 0 aliphatic rings. The predicted octanol–water partition coefficient (Wildman–Crippen LogP) is 3.91. The molecule has 0 spiro atoms. The van der Waals surface area contributed by atoms with Crippen molar-refractivity contribution in [3.05, 3.63) is 0 Å². The fraction of sp³-hybridized carbons (Fsp3) is 1.00. The highest BCUT2D eigenvalue weighted by Crippen LogP contribution is 2.32. The second-order valence-corrected chi connectivity index (χ2v) is 5.05. The number of alkyl halides is 2. The van der Waals surface area contributed by atoms with E-state index in [0.29, 0.717) is 0 Å². The van der Waals surface area contributed by atoms with Crippen LogP contribution in [0.1, 0.15) is 20.3 Å². The van der Waals surface area contributed by atoms with Crippen molar-refractivity contribution >= 4 is 44.2 Å². The van der Waals surface area contributed by atoms with Crippen LogP contribution < -0.4 is 0 Å². The van der Waals surface area contributed by atoms with E-state index in [1.165, 1.54) is 0 Å². The van der Waals surface area contributed by atoms with Gasteiger partial charge in [-0.25, -0.2) is 0 Å². The van der Waals surface area contributed by atoms with E-state index in [4.69, 9.17) is 23.2 Å². The normalized spacial score (nSPS) is 17.3. The van der Waals surface area contributed by atoms with E-state index in [0.717, 1.165) is 15.0 Å². The summed E-state index contributed by atoms with van der Waals surface area (Å²) >= 11 is 11.4. The topological polar surface area (TPSA) is 0 Å². The summed E-state index contributed by atoms with van der Waals surface area (Å²) in [6.45, 7) is 4.01. The molecule has 2 atom stereocenters. The fourth-order valence-electron chi connectivity index (χ4n) is 0.328. The molecule has 0 nitrogen and oxygen atoms in total. The molecule has 0 fully saturated rings. The lowest BCUT2D eigenvalue weighted by molar-refractivity contribution is 1.04. The summed E-state index contributed by atoms with van der Waals surface area (Å²) in [5, 5.41) is 0.431. The molecule has 4 heteroatoms. The van der Waals surface area contributed by atoms with E-state index in [1.807, 2.05) is 6.92 Å². The molecule has 0 saturated carbocycles. The minimum absolute atomic E-state index is 0. The van der Waals surface area contributed by atoms with E-state index in [-0.39, 0.29) is 22.6 Å². The Kier molecular flexibility index (Phi) is 10.6. The van der Waals surface area contributed by atoms with Gasteiger partial charge < -0.3 is 0 Å². The molecule has 0 aromatic rings. The number of hydrogen-bond donors (Lipinski definition) is 0. The van der Waals surface area contributed by atoms with Crippen LogP contribution in [0.3, 0.4) is 0 Å². The molecule has 0 saturated heterocycles. The van der Waals surface area contributed by atoms with Crippen LogP contribution in [0.4, 0.5) is 0 Å². The molecule has 0 aromatic carbocycles. The number of halogens is 3. The Labute approximate surface area is 74.9 Å². The SMILES string of the molecule is CCC(Cl)[P]C(C)Cl.Cl. The van der Waals surface area contributed by atoms with Gasteiger partial charge in [0.1, 0.15) is 0 Å². The highest BCUT2D eigenvalue weighted by atomic mass is 35.5. The summed E-state index contributed by atoms with van der Waals surface area (Å²) in [5.74, 6) is 0. The van der Waals surface area contributed by atoms with E-state index in [9.17, 15) is 0 Å². The maximum Gasteiger partial charge on any atom is 0.0585 e. The number of hydrogen-bond acceptors (Lipinski definition) is 0. The molecule has 0 aromatic heterocycles. The molecule has 0 amide bonds. The van der Waals surface area contributed by atoms with Gasteiger partial charge in [0.15, 0.2) is 0 Å². The van der Waals surface area contributed by atoms with E-state index in [2.05, 4.69) is 6.92 Å². The van der Waals surface area contributed by atoms with Crippen molar-refractivity contribution in [1.29, 1.82) is 0 Å². The lowest BCUT2D eigenvalue weighted by atomic mass is 10.6. The minimum atomic E-state index is 0. The van der Waals surface area contributed by atoms with Crippen LogP contribution in [-0.2, 0) is 0 Å². The molecular weight excluding hydrogens is 197 g/mol. The van der Waals surface area contributed by atoms with E-state index >= 15 is 0 Å². The first-order valence-corrected chi connectivity index (χ1v) is 4.55. The summed E-state index contributed by atoms with van der Waals surface area (Å²) in [6, 6.07) is 0. The van der Waals surface area contributed by atoms with Crippen LogP contribution in [0.5, 0.6) is 0 Å². The number of rotatable bonds is 3. The lowest BCUT2D eigenvalue weighted by Crippen LogP contribution is -1.89. The van der Waals surface area contributed by atoms with Gasteiger partial charge in [-0.05, 0) is 21.9 Å². The summed E-state index contributed by atoms with van der Waals surface area (Å²) in [5.41, 5.74) is 0. The van der Waals surface area contributed by atoms with Crippen molar-refractivity contribution in [3.63, 3.8) is 0 Å². The van der Waals surface area contributed by atoms with Crippen molar-refractivity contribution in [1.82, 2.24) is 0 Å². The Balaban J connectivity index is 0. The molecule has 1 radical (unpaired) electrons. The van der Waals surface area contributed by atoms with Crippen LogP contribution in [0, 0.1) is 0 Å². The van der Waals surface area contributed by atoms with Crippen molar-refractivity contribution in [2.45, 2.75) is 30.5 Å². The molecule has 57 valence electrons. The first-order valence-electron chi connectivity index (χ1n) is 2.65. The molecule has 0 aliphatic carbocycles. The Morgan fingerprint density at radius 1 is 1.44 bits per heavy atom. The average molecular weight is 208 g/mol. The summed E-state index contributed by atoms with van der Waals surface area (Å²) in [4.78, 5) is 0. The van der Waals surface area contributed by atoms with E-state index < -0.39 is 0 Å². The summed E-state index contributed by atoms with van der Waals surface area (Å²) < 4.78 is 0. The summed E-state index contributed by atoms with van der Waals surface area (Å²) in [6.07, 6.45) is 1.00. The highest BCUT2D eigenvalue weighted by molar-refractivity contribution is 7.44. The largest absolute Gasteiger partial charge is 0.147 e. The van der Waals surface area contributed by atoms with Gasteiger partial charge in [-0.3, -0.25) is 0 Å². The van der Waals surface area contributed by atoms with Crippen LogP contribution in [-0.4, -0.2) is 10.2 Å². The smallest absolute Gasteiger partial charge is 0.0585 e. The first kappa shape index (κ1) is 12.9. The van der Waals surface area contributed by atoms with Gasteiger partial charge in [0, 0.05) is 0 Å². The zero-order valence-corrected chi connectivity index (χ0v) is 8.70. The van der Waals surface area contributed by atoms with Gasteiger partial charge in [-0.1, -0.05) is 6.92 Å². The summed E-state index contributed by atoms with van der Waals surface area (Å²) in [7, 11) is 1.14. The average Bonchev–Trinajstić information content (AvgIpc) is 1.65. The Bertz CT molecular complexity index is 58.2. The third-order valence-electron chi connectivity index (χ3n) is 0.704. The molecule has 0 bridgehead atoms. The predicted molar refractivity (Wildman–Crippen MR) is 49.4 cm³/mol. The van der Waals surface area contributed by atoms with Crippen LogP contribution in [0.15, 0.2) is 0 Å². The van der Waals surface area contributed by atoms with Crippen LogP contribution in [0.25, 0.3) is 0 Å². The van der Waals surface area contributed by atoms with Gasteiger partial charge in [-0.2, -0.15) is 0 Å². The standard InChI is InChI=1S/C5H10Cl2P.ClH/c1-3-5(7)8-4(2)6;/h4-5H,3H2,1-2H3;1H. The van der Waals surface area contributed by atoms with Gasteiger partial charge in [0.25, 0.3) is 0 Å². The maximum absolute atomic E-state index is 5.76. The molecule has 0 aliphatic heterocycles. The molecule has 2 unspecified atom stereocenters. The van der Waals surface area contributed by atoms with Crippen LogP contribution in [0.2, 0.25) is 0 Å². The molecule has 0 heterocycles. The Hall–Kier alpha value is 1.30. The zero-order chi connectivity index (χ0) is 6.57. The zero-order valence-electron chi connectivity index (χ0n) is 5.47. The second kappa shape index (κ2) is 7.41. The Morgan fingerprint density at radius 2 is 1.89 bits per heavy atom. The maximum atomic E-state index is 5.76. The Morgan fingerprint density at radius 3 is 2.00 bits per heavy atom. The quantitative estimate of drug-likeness (QED) is 0.487. The van der Waals surface area contributed by atoms with Gasteiger partial charge in [0.2, 0.25) is 0 Å². The van der Waals surface area contributed by atoms with Gasteiger partial charge in [0.05, 0.1) is 10.2 Å². The monoisotopic (exact) mass is 207 g/mol. The first-order chi connectivity index (χ1) is 3.66. The van der Waals surface area contributed by atoms with Crippen LogP contribution >= 0.6 is 44.2 Å². The highest BCUT2D eigenvalue weighted by Gasteiger charge is 2.04. The van der Waals surface area contributed by atoms with Crippen molar-refractivity contribution in [2.75, 3.05) is 0 Å². The third kappa shape index (κ3) is 9.30. The van der Waals surface area contributed by atoms with Gasteiger partial charge in [-0.15, -0.1) is 35.6 Å².